The van der Waals surface area contributed by atoms with Gasteiger partial charge in [0.1, 0.15) is 9.04 Å². The number of hydrogen-bond donors (Lipinski definition) is 2. The van der Waals surface area contributed by atoms with E-state index >= 15 is 0 Å². The third-order valence-corrected chi connectivity index (χ3v) is 10.2. The third kappa shape index (κ3) is 4.39. The molecule has 1 saturated heterocycles. The first-order valence-corrected chi connectivity index (χ1v) is 15.2. The van der Waals surface area contributed by atoms with E-state index in [0.29, 0.717) is 26.4 Å². The van der Waals surface area contributed by atoms with Crippen molar-refractivity contribution in [1.82, 2.24) is 20.0 Å². The minimum absolute atomic E-state index is 0.00922. The lowest BCUT2D eigenvalue weighted by Gasteiger charge is -2.26. The number of hydrogen-bond acceptors (Lipinski definition) is 8. The average Bonchev–Trinajstić information content (AvgIpc) is 3.42. The number of pyridine rings is 2. The van der Waals surface area contributed by atoms with Crippen molar-refractivity contribution in [1.29, 1.82) is 0 Å². The van der Waals surface area contributed by atoms with Crippen molar-refractivity contribution >= 4 is 58.9 Å². The lowest BCUT2D eigenvalue weighted by molar-refractivity contribution is -0.124. The van der Waals surface area contributed by atoms with Gasteiger partial charge >= 0.3 is 0 Å². The van der Waals surface area contributed by atoms with Crippen molar-refractivity contribution < 1.29 is 21.6 Å². The predicted octanol–water partition coefficient (Wildman–Crippen LogP) is 3.11. The number of halogens is 1. The van der Waals surface area contributed by atoms with Crippen LogP contribution in [0.15, 0.2) is 70.0 Å². The fourth-order valence-corrected chi connectivity index (χ4v) is 7.89. The number of carbonyl (C=O) groups excluding carboxylic acids is 1. The van der Waals surface area contributed by atoms with Gasteiger partial charge in [-0.1, -0.05) is 35.9 Å². The maximum absolute atomic E-state index is 13.4. The van der Waals surface area contributed by atoms with Crippen molar-refractivity contribution in [3.63, 3.8) is 0 Å². The van der Waals surface area contributed by atoms with E-state index in [1.807, 2.05) is 0 Å². The van der Waals surface area contributed by atoms with E-state index in [1.165, 1.54) is 30.6 Å². The van der Waals surface area contributed by atoms with Crippen molar-refractivity contribution in [3.05, 3.63) is 71.6 Å². The van der Waals surface area contributed by atoms with E-state index in [1.54, 1.807) is 30.3 Å². The molecule has 0 saturated carbocycles. The number of thiophene rings is 1. The summed E-state index contributed by atoms with van der Waals surface area (Å²) in [4.78, 5) is 22.2. The van der Waals surface area contributed by atoms with E-state index in [2.05, 4.69) is 20.0 Å². The molecule has 0 unspecified atom stereocenters. The van der Waals surface area contributed by atoms with Gasteiger partial charge in [0.05, 0.1) is 15.6 Å². The SMILES string of the molecule is CS(=O)(=O)c1ccccc1-c1ccc([C@@]2(NS(=O)(=O)c3cc4cc(Cl)cnc4s3)CCNC2=O)nc1. The second-order valence-corrected chi connectivity index (χ2v) is 13.7. The monoisotopic (exact) mass is 562 g/mol. The van der Waals surface area contributed by atoms with Gasteiger partial charge in [-0.2, -0.15) is 4.72 Å². The number of fused-ring (bicyclic) bond motifs is 1. The van der Waals surface area contributed by atoms with Gasteiger partial charge in [-0.25, -0.2) is 21.8 Å². The predicted molar refractivity (Wildman–Crippen MR) is 137 cm³/mol. The maximum atomic E-state index is 13.4. The summed E-state index contributed by atoms with van der Waals surface area (Å²) in [5.74, 6) is -0.523. The van der Waals surface area contributed by atoms with Crippen LogP contribution in [0.3, 0.4) is 0 Å². The molecule has 0 aliphatic carbocycles. The minimum atomic E-state index is -4.14. The first kappa shape index (κ1) is 24.8. The van der Waals surface area contributed by atoms with Crippen LogP contribution in [-0.4, -0.2) is 45.5 Å². The summed E-state index contributed by atoms with van der Waals surface area (Å²) in [6, 6.07) is 12.7. The van der Waals surface area contributed by atoms with Gasteiger partial charge in [-0.3, -0.25) is 9.78 Å². The normalized spacial score (nSPS) is 18.4. The molecule has 4 aromatic rings. The molecule has 0 bridgehead atoms. The van der Waals surface area contributed by atoms with Gasteiger partial charge in [0.25, 0.3) is 10.0 Å². The number of amides is 1. The summed E-state index contributed by atoms with van der Waals surface area (Å²) in [6.45, 7) is 0.255. The number of aromatic nitrogens is 2. The molecule has 5 rings (SSSR count). The van der Waals surface area contributed by atoms with E-state index in [0.717, 1.165) is 17.6 Å². The fourth-order valence-electron chi connectivity index (χ4n) is 4.15. The second kappa shape index (κ2) is 8.89. The summed E-state index contributed by atoms with van der Waals surface area (Å²) < 4.78 is 53.7. The van der Waals surface area contributed by atoms with E-state index < -0.39 is 31.3 Å². The molecule has 4 heterocycles. The quantitative estimate of drug-likeness (QED) is 0.368. The van der Waals surface area contributed by atoms with Gasteiger partial charge < -0.3 is 5.32 Å². The van der Waals surface area contributed by atoms with Crippen LogP contribution < -0.4 is 10.0 Å². The van der Waals surface area contributed by atoms with Crippen LogP contribution >= 0.6 is 22.9 Å². The Kier molecular flexibility index (Phi) is 6.12. The minimum Gasteiger partial charge on any atom is -0.354 e. The Hall–Kier alpha value is -2.90. The lowest BCUT2D eigenvalue weighted by atomic mass is 9.93. The number of rotatable bonds is 6. The summed E-state index contributed by atoms with van der Waals surface area (Å²) in [6.07, 6.45) is 4.14. The van der Waals surface area contributed by atoms with Crippen LogP contribution in [0, 0.1) is 0 Å². The number of benzene rings is 1. The summed E-state index contributed by atoms with van der Waals surface area (Å²) in [7, 11) is -7.63. The van der Waals surface area contributed by atoms with Crippen LogP contribution in [0.5, 0.6) is 0 Å². The highest BCUT2D eigenvalue weighted by Crippen LogP contribution is 2.35. The van der Waals surface area contributed by atoms with Crippen LogP contribution in [-0.2, 0) is 30.2 Å². The van der Waals surface area contributed by atoms with Gasteiger partial charge in [0.2, 0.25) is 5.91 Å². The molecule has 9 nitrogen and oxygen atoms in total. The summed E-state index contributed by atoms with van der Waals surface area (Å²) >= 11 is 6.94. The molecule has 1 aliphatic rings. The first-order valence-electron chi connectivity index (χ1n) is 10.6. The Morgan fingerprint density at radius 1 is 1.06 bits per heavy atom. The molecule has 1 atom stereocenters. The fraction of sp³-hybridized carbons (Fsp3) is 0.174. The van der Waals surface area contributed by atoms with Crippen LogP contribution in [0.1, 0.15) is 12.1 Å². The van der Waals surface area contributed by atoms with Gasteiger partial charge in [-0.15, -0.1) is 11.3 Å². The Morgan fingerprint density at radius 3 is 2.50 bits per heavy atom. The molecule has 2 N–H and O–H groups in total. The number of nitrogens with zero attached hydrogens (tertiary/aromatic N) is 2. The third-order valence-electron chi connectivity index (χ3n) is 5.86. The van der Waals surface area contributed by atoms with Crippen molar-refractivity contribution in [2.45, 2.75) is 21.1 Å². The van der Waals surface area contributed by atoms with E-state index in [-0.39, 0.29) is 27.8 Å². The second-order valence-electron chi connectivity index (χ2n) is 8.33. The number of nitrogens with one attached hydrogen (secondary N) is 2. The van der Waals surface area contributed by atoms with Crippen molar-refractivity contribution in [2.24, 2.45) is 0 Å². The number of sulfone groups is 1. The van der Waals surface area contributed by atoms with Gasteiger partial charge in [-0.05, 0) is 30.7 Å². The highest BCUT2D eigenvalue weighted by molar-refractivity contribution is 7.92. The Bertz CT molecular complexity index is 1720. The lowest BCUT2D eigenvalue weighted by Crippen LogP contribution is -2.51. The topological polar surface area (TPSA) is 135 Å². The average molecular weight is 563 g/mol. The Labute approximate surface area is 216 Å². The van der Waals surface area contributed by atoms with Crippen LogP contribution in [0.4, 0.5) is 0 Å². The summed E-state index contributed by atoms with van der Waals surface area (Å²) in [5, 5.41) is 3.63. The van der Waals surface area contributed by atoms with Gasteiger partial charge in [0.15, 0.2) is 15.4 Å². The zero-order valence-corrected chi connectivity index (χ0v) is 21.9. The van der Waals surface area contributed by atoms with Gasteiger partial charge in [0, 0.05) is 41.7 Å². The molecule has 1 fully saturated rings. The van der Waals surface area contributed by atoms with Crippen molar-refractivity contribution in [3.8, 4) is 11.1 Å². The zero-order chi connectivity index (χ0) is 25.7. The molecule has 0 spiro atoms. The molecule has 3 aromatic heterocycles. The Morgan fingerprint density at radius 2 is 1.83 bits per heavy atom. The molecule has 186 valence electrons. The molecular weight excluding hydrogens is 544 g/mol. The molecule has 1 aliphatic heterocycles. The highest BCUT2D eigenvalue weighted by Gasteiger charge is 2.48. The highest BCUT2D eigenvalue weighted by atomic mass is 35.5. The maximum Gasteiger partial charge on any atom is 0.251 e. The van der Waals surface area contributed by atoms with Crippen LogP contribution in [0.25, 0.3) is 21.3 Å². The largest absolute Gasteiger partial charge is 0.354 e. The number of carbonyl (C=O) groups is 1. The zero-order valence-electron chi connectivity index (χ0n) is 18.7. The van der Waals surface area contributed by atoms with E-state index in [4.69, 9.17) is 11.6 Å². The van der Waals surface area contributed by atoms with Crippen LogP contribution in [0.2, 0.25) is 5.02 Å². The molecule has 36 heavy (non-hydrogen) atoms. The molecule has 13 heteroatoms. The Balaban J connectivity index is 1.54. The molecular formula is C23H19ClN4O5S3. The number of sulfonamides is 1. The van der Waals surface area contributed by atoms with Crippen molar-refractivity contribution in [2.75, 3.05) is 12.8 Å². The molecule has 1 aromatic carbocycles. The summed E-state index contributed by atoms with van der Waals surface area (Å²) in [5.41, 5.74) is -0.455. The molecule has 1 amide bonds. The smallest absolute Gasteiger partial charge is 0.251 e. The standard InChI is InChI=1S/C23H19ClN4O5S3/c1-35(30,31)18-5-3-2-4-17(18)14-6-7-19(26-12-14)23(8-9-25-22(23)29)28-36(32,33)20-11-15-10-16(24)13-27-21(15)34-20/h2-7,10-13,28H,8-9H2,1H3,(H,25,29)/t23-/m0/s1. The van der Waals surface area contributed by atoms with E-state index in [9.17, 15) is 21.6 Å². The molecule has 0 radical (unpaired) electrons. The first-order chi connectivity index (χ1) is 17.0.